The van der Waals surface area contributed by atoms with E-state index in [1.54, 1.807) is 30.3 Å². The molecule has 6 rings (SSSR count). The number of nitrogens with zero attached hydrogens (tertiary/aromatic N) is 7. The van der Waals surface area contributed by atoms with Gasteiger partial charge in [-0.05, 0) is 29.0 Å². The third-order valence-electron chi connectivity index (χ3n) is 6.13. The van der Waals surface area contributed by atoms with Gasteiger partial charge in [-0.25, -0.2) is 9.97 Å². The molecule has 0 atom stereocenters. The van der Waals surface area contributed by atoms with E-state index in [1.165, 1.54) is 23.3 Å². The summed E-state index contributed by atoms with van der Waals surface area (Å²) in [5, 5.41) is 39.6. The van der Waals surface area contributed by atoms with Gasteiger partial charge in [-0.2, -0.15) is 15.0 Å². The maximum Gasteiger partial charge on any atom is 0.259 e. The number of hydrogen-bond acceptors (Lipinski definition) is 8. The summed E-state index contributed by atoms with van der Waals surface area (Å²) in [6, 6.07) is 25.8. The van der Waals surface area contributed by atoms with Crippen LogP contribution in [0.4, 0.5) is 17.2 Å². The highest BCUT2D eigenvalue weighted by Crippen LogP contribution is 2.40. The van der Waals surface area contributed by atoms with Crippen molar-refractivity contribution in [3.8, 4) is 17.8 Å². The number of anilines is 1. The minimum atomic E-state index is -0.508. The highest BCUT2D eigenvalue weighted by atomic mass is 16.3. The maximum absolute atomic E-state index is 13.4. The number of azo groups is 1. The number of nitriles is 1. The lowest BCUT2D eigenvalue weighted by atomic mass is 10.0. The number of amides is 1. The Balaban J connectivity index is 1.45. The number of aromatic hydroxyl groups is 1. The average Bonchev–Trinajstić information content (AvgIpc) is 3.40. The molecule has 10 nitrogen and oxygen atoms in total. The van der Waals surface area contributed by atoms with Crippen LogP contribution in [0, 0.1) is 11.3 Å². The zero-order chi connectivity index (χ0) is 26.8. The number of aromatic nitrogens is 4. The van der Waals surface area contributed by atoms with E-state index in [-0.39, 0.29) is 34.3 Å². The zero-order valence-corrected chi connectivity index (χ0v) is 20.2. The molecule has 0 unspecified atom stereocenters. The largest absolute Gasteiger partial charge is 0.505 e. The van der Waals surface area contributed by atoms with Crippen LogP contribution in [0.25, 0.3) is 27.5 Å². The second kappa shape index (κ2) is 9.84. The predicted octanol–water partition coefficient (Wildman–Crippen LogP) is 6.21. The molecule has 1 amide bonds. The first-order valence-corrected chi connectivity index (χ1v) is 11.8. The van der Waals surface area contributed by atoms with E-state index in [4.69, 9.17) is 0 Å². The van der Waals surface area contributed by atoms with Crippen LogP contribution in [-0.4, -0.2) is 30.8 Å². The molecule has 39 heavy (non-hydrogen) atoms. The highest BCUT2D eigenvalue weighted by Gasteiger charge is 2.20. The first-order chi connectivity index (χ1) is 19.1. The molecule has 186 valence electrons. The second-order valence-electron chi connectivity index (χ2n) is 8.48. The molecule has 4 aromatic carbocycles. The van der Waals surface area contributed by atoms with Gasteiger partial charge in [0, 0.05) is 28.9 Å². The van der Waals surface area contributed by atoms with Gasteiger partial charge in [0.05, 0.1) is 11.8 Å². The molecule has 0 bridgehead atoms. The topological polar surface area (TPSA) is 141 Å². The molecule has 0 saturated heterocycles. The van der Waals surface area contributed by atoms with Crippen molar-refractivity contribution in [3.63, 3.8) is 0 Å². The van der Waals surface area contributed by atoms with E-state index in [2.05, 4.69) is 30.6 Å². The number of hydrogen-bond donors (Lipinski definition) is 2. The van der Waals surface area contributed by atoms with Gasteiger partial charge >= 0.3 is 0 Å². The Kier molecular flexibility index (Phi) is 5.91. The molecule has 2 heterocycles. The Labute approximate surface area is 221 Å². The maximum atomic E-state index is 13.4. The smallest absolute Gasteiger partial charge is 0.259 e. The Bertz CT molecular complexity index is 1940. The van der Waals surface area contributed by atoms with Crippen molar-refractivity contribution in [1.29, 1.82) is 5.26 Å². The summed E-state index contributed by atoms with van der Waals surface area (Å²) in [6.07, 6.45) is 4.40. The molecular weight excluding hydrogens is 492 g/mol. The normalized spacial score (nSPS) is 11.2. The van der Waals surface area contributed by atoms with Crippen LogP contribution in [0.5, 0.6) is 5.75 Å². The number of benzene rings is 4. The van der Waals surface area contributed by atoms with Crippen LogP contribution in [-0.2, 0) is 0 Å². The lowest BCUT2D eigenvalue weighted by molar-refractivity contribution is 0.102. The van der Waals surface area contributed by atoms with E-state index >= 15 is 0 Å². The summed E-state index contributed by atoms with van der Waals surface area (Å²) in [4.78, 5) is 21.7. The molecule has 0 aliphatic heterocycles. The molecular formula is C29H18N8O2. The van der Waals surface area contributed by atoms with E-state index in [0.29, 0.717) is 16.5 Å². The van der Waals surface area contributed by atoms with Gasteiger partial charge in [0.2, 0.25) is 0 Å². The van der Waals surface area contributed by atoms with Crippen molar-refractivity contribution in [2.75, 3.05) is 5.32 Å². The quantitative estimate of drug-likeness (QED) is 0.264. The predicted molar refractivity (Wildman–Crippen MR) is 146 cm³/mol. The number of nitrogens with one attached hydrogen (secondary N) is 1. The van der Waals surface area contributed by atoms with Gasteiger partial charge in [0.15, 0.2) is 11.6 Å². The summed E-state index contributed by atoms with van der Waals surface area (Å²) in [7, 11) is 0. The SMILES string of the molecule is N#Cc1cnn(-c2ncccn2)c1/N=N/c1c(O)c(C(=O)Nc2cccc3ccccc23)cc2ccccc12. The lowest BCUT2D eigenvalue weighted by Gasteiger charge is -2.12. The Morgan fingerprint density at radius 3 is 2.41 bits per heavy atom. The minimum absolute atomic E-state index is 0.0241. The van der Waals surface area contributed by atoms with Crippen molar-refractivity contribution in [2.24, 2.45) is 10.2 Å². The van der Waals surface area contributed by atoms with Gasteiger partial charge < -0.3 is 10.4 Å². The van der Waals surface area contributed by atoms with E-state index in [1.807, 2.05) is 54.6 Å². The average molecular weight is 511 g/mol. The van der Waals surface area contributed by atoms with E-state index in [0.717, 1.165) is 10.8 Å². The summed E-state index contributed by atoms with van der Waals surface area (Å²) in [5.41, 5.74) is 0.844. The van der Waals surface area contributed by atoms with Crippen LogP contribution in [0.3, 0.4) is 0 Å². The van der Waals surface area contributed by atoms with Gasteiger partial charge in [0.1, 0.15) is 17.3 Å². The molecule has 2 N–H and O–H groups in total. The number of carbonyl (C=O) groups is 1. The zero-order valence-electron chi connectivity index (χ0n) is 20.2. The number of phenols is 1. The lowest BCUT2D eigenvalue weighted by Crippen LogP contribution is -2.12. The first-order valence-electron chi connectivity index (χ1n) is 11.8. The molecule has 0 radical (unpaired) electrons. The van der Waals surface area contributed by atoms with E-state index in [9.17, 15) is 15.2 Å². The number of carbonyl (C=O) groups excluding carboxylic acids is 1. The first kappa shape index (κ1) is 23.4. The van der Waals surface area contributed by atoms with Crippen LogP contribution in [0.15, 0.2) is 108 Å². The summed E-state index contributed by atoms with van der Waals surface area (Å²) < 4.78 is 1.28. The third-order valence-corrected chi connectivity index (χ3v) is 6.13. The fourth-order valence-electron chi connectivity index (χ4n) is 4.28. The molecule has 10 heteroatoms. The van der Waals surface area contributed by atoms with Gasteiger partial charge in [-0.3, -0.25) is 4.79 Å². The van der Waals surface area contributed by atoms with Crippen LogP contribution in [0.2, 0.25) is 0 Å². The Morgan fingerprint density at radius 1 is 0.897 bits per heavy atom. The Hall–Kier alpha value is -5.95. The van der Waals surface area contributed by atoms with Gasteiger partial charge in [-0.15, -0.1) is 10.2 Å². The van der Waals surface area contributed by atoms with Crippen LogP contribution in [0.1, 0.15) is 15.9 Å². The number of fused-ring (bicyclic) bond motifs is 2. The highest BCUT2D eigenvalue weighted by molar-refractivity contribution is 6.14. The molecule has 0 spiro atoms. The van der Waals surface area contributed by atoms with Crippen molar-refractivity contribution in [1.82, 2.24) is 19.7 Å². The summed E-state index contributed by atoms with van der Waals surface area (Å²) in [6.45, 7) is 0. The molecule has 2 aromatic heterocycles. The van der Waals surface area contributed by atoms with Gasteiger partial charge in [0.25, 0.3) is 11.9 Å². The molecule has 0 fully saturated rings. The van der Waals surface area contributed by atoms with E-state index < -0.39 is 5.91 Å². The van der Waals surface area contributed by atoms with Crippen molar-refractivity contribution < 1.29 is 9.90 Å². The van der Waals surface area contributed by atoms with Crippen LogP contribution >= 0.6 is 0 Å². The molecule has 0 aliphatic rings. The standard InChI is InChI=1S/C29H18N8O2/c30-16-20-17-33-37(29-31-13-6-14-32-29)27(20)36-35-25-22-11-4-2-8-19(22)15-23(26(25)38)28(39)34-24-12-5-9-18-7-1-3-10-21(18)24/h1-15,17,38H,(H,34,39)/b36-35+. The summed E-state index contributed by atoms with van der Waals surface area (Å²) in [5.74, 6) is -0.578. The fourth-order valence-corrected chi connectivity index (χ4v) is 4.28. The van der Waals surface area contributed by atoms with Gasteiger partial charge in [-0.1, -0.05) is 60.7 Å². The second-order valence-corrected chi connectivity index (χ2v) is 8.48. The van der Waals surface area contributed by atoms with Crippen molar-refractivity contribution in [3.05, 3.63) is 109 Å². The molecule has 6 aromatic rings. The van der Waals surface area contributed by atoms with Crippen molar-refractivity contribution >= 4 is 44.6 Å². The van der Waals surface area contributed by atoms with Crippen LogP contribution < -0.4 is 5.32 Å². The van der Waals surface area contributed by atoms with Crippen molar-refractivity contribution in [2.45, 2.75) is 0 Å². The number of rotatable bonds is 5. The minimum Gasteiger partial charge on any atom is -0.505 e. The summed E-state index contributed by atoms with van der Waals surface area (Å²) >= 11 is 0. The fraction of sp³-hybridized carbons (Fsp3) is 0. The Morgan fingerprint density at radius 2 is 1.62 bits per heavy atom. The number of phenolic OH excluding ortho intramolecular Hbond substituents is 1. The monoisotopic (exact) mass is 510 g/mol. The molecule has 0 aliphatic carbocycles. The molecule has 0 saturated carbocycles. The third kappa shape index (κ3) is 4.30.